The molecule has 0 bridgehead atoms. The Bertz CT molecular complexity index is 2070. The van der Waals surface area contributed by atoms with Crippen LogP contribution in [-0.2, 0) is 9.53 Å². The number of amides is 1. The number of ether oxygens (including phenoxy) is 1. The number of halogens is 6. The fourth-order valence-electron chi connectivity index (χ4n) is 8.41. The number of hydrogen-bond acceptors (Lipinski definition) is 8. The predicted molar refractivity (Wildman–Crippen MR) is 202 cm³/mol. The van der Waals surface area contributed by atoms with Crippen LogP contribution in [0.15, 0.2) is 51.0 Å². The van der Waals surface area contributed by atoms with Crippen molar-refractivity contribution in [1.29, 1.82) is 5.26 Å². The predicted octanol–water partition coefficient (Wildman–Crippen LogP) is 6.57. The second-order valence-electron chi connectivity index (χ2n) is 14.9. The summed E-state index contributed by atoms with van der Waals surface area (Å²) in [6.45, 7) is 9.76. The quantitative estimate of drug-likeness (QED) is 0.141. The maximum absolute atomic E-state index is 16.7. The molecule has 2 aromatic rings. The summed E-state index contributed by atoms with van der Waals surface area (Å²) < 4.78 is 97.5. The summed E-state index contributed by atoms with van der Waals surface area (Å²) in [7, 11) is 12.5. The summed E-state index contributed by atoms with van der Waals surface area (Å²) in [6.07, 6.45) is -5.53. The van der Waals surface area contributed by atoms with E-state index in [1.54, 1.807) is 35.5 Å². The van der Waals surface area contributed by atoms with Crippen LogP contribution >= 0.6 is 11.3 Å². The van der Waals surface area contributed by atoms with E-state index in [1.807, 2.05) is 6.07 Å². The number of thiophene rings is 1. The average molecular weight is 781 g/mol. The van der Waals surface area contributed by atoms with Gasteiger partial charge in [-0.05, 0) is 50.7 Å². The molecule has 9 nitrogen and oxygen atoms in total. The number of hydrogen-bond donors (Lipinski definition) is 1. The van der Waals surface area contributed by atoms with Crippen molar-refractivity contribution < 1.29 is 35.9 Å². The molecule has 1 aromatic carbocycles. The summed E-state index contributed by atoms with van der Waals surface area (Å²) in [4.78, 5) is 26.6. The molecule has 3 atom stereocenters. The first-order valence-electron chi connectivity index (χ1n) is 17.9. The number of nitriles is 1. The van der Waals surface area contributed by atoms with Crippen LogP contribution in [0, 0.1) is 23.1 Å². The number of likely N-dealkylation sites (tertiary alicyclic amines) is 1. The normalized spacial score (nSPS) is 25.4. The molecular formula is C37H39B2F6N7O2S. The highest BCUT2D eigenvalue weighted by Gasteiger charge is 2.55. The number of benzene rings is 1. The van der Waals surface area contributed by atoms with Crippen LogP contribution in [0.25, 0.3) is 15.7 Å². The molecule has 0 saturated carbocycles. The molecule has 4 heterocycles. The molecule has 6 rings (SSSR count). The lowest BCUT2D eigenvalue weighted by atomic mass is 9.52. The number of carbonyl (C=O) groups is 1. The fraction of sp³-hybridized carbons (Fsp3) is 0.514. The van der Waals surface area contributed by atoms with Gasteiger partial charge in [0.1, 0.15) is 41.3 Å². The van der Waals surface area contributed by atoms with Crippen molar-refractivity contribution in [2.45, 2.75) is 75.6 Å². The minimum absolute atomic E-state index is 0.0702. The van der Waals surface area contributed by atoms with Gasteiger partial charge in [0.25, 0.3) is 0 Å². The molecule has 3 unspecified atom stereocenters. The molecule has 55 heavy (non-hydrogen) atoms. The first-order chi connectivity index (χ1) is 25.8. The zero-order chi connectivity index (χ0) is 40.2. The zero-order valence-corrected chi connectivity index (χ0v) is 31.5. The number of aliphatic imine (C=N–C) groups is 2. The highest BCUT2D eigenvalue weighted by molar-refractivity contribution is 7.23. The van der Waals surface area contributed by atoms with Crippen molar-refractivity contribution in [3.63, 3.8) is 0 Å². The Morgan fingerprint density at radius 2 is 2.00 bits per heavy atom. The first kappa shape index (κ1) is 40.4. The van der Waals surface area contributed by atoms with Crippen molar-refractivity contribution in [2.75, 3.05) is 45.1 Å². The van der Waals surface area contributed by atoms with E-state index in [0.717, 1.165) is 18.2 Å². The van der Waals surface area contributed by atoms with Crippen LogP contribution in [0.1, 0.15) is 57.6 Å². The molecule has 2 N–H and O–H groups in total. The zero-order valence-electron chi connectivity index (χ0n) is 30.7. The topological polar surface area (TPSA) is 111 Å². The van der Waals surface area contributed by atoms with E-state index < -0.39 is 58.4 Å². The molecule has 1 aromatic heterocycles. The Balaban J connectivity index is 1.49. The second kappa shape index (κ2) is 15.0. The van der Waals surface area contributed by atoms with Gasteiger partial charge in [0, 0.05) is 67.5 Å². The van der Waals surface area contributed by atoms with E-state index in [0.29, 0.717) is 24.3 Å². The highest BCUT2D eigenvalue weighted by Crippen LogP contribution is 2.51. The molecule has 3 fully saturated rings. The third-order valence-corrected chi connectivity index (χ3v) is 11.7. The minimum Gasteiger partial charge on any atom is -0.461 e. The van der Waals surface area contributed by atoms with Gasteiger partial charge in [0.15, 0.2) is 0 Å². The molecule has 288 valence electrons. The van der Waals surface area contributed by atoms with Crippen LogP contribution in [0.4, 0.5) is 31.3 Å². The molecule has 0 spiro atoms. The monoisotopic (exact) mass is 781 g/mol. The standard InChI is InChI=1S/C37H39B2F6N7O2S/c1-5-52(22-8-9-50(15-22)33(53)19(2)3)32(49-34(48-4)54-18-35-12-21(40)14-51(35)17-36(38,39)16-35)20-10-25(37(43,44)45)29(27(42)11-20)23-6-7-26(41)30-28(23)24(13-46)31(47)55-30/h6-7,10,19,21-22H,4-5,8-9,11-12,14-18,47H2,1-3H3/b32-20+,49-34+. The van der Waals surface area contributed by atoms with Gasteiger partial charge in [-0.3, -0.25) is 9.69 Å². The number of nitrogens with two attached hydrogens (primary N) is 1. The van der Waals surface area contributed by atoms with Gasteiger partial charge >= 0.3 is 12.2 Å². The molecule has 3 aliphatic heterocycles. The Kier molecular flexibility index (Phi) is 11.0. The van der Waals surface area contributed by atoms with Crippen molar-refractivity contribution in [1.82, 2.24) is 14.7 Å². The Hall–Kier alpha value is -4.23. The average Bonchev–Trinajstić information content (AvgIpc) is 3.85. The SMILES string of the molecule is [B]C1([B])CN2CC(F)CC2(CO/C(N=C)=N/C(=C2/C=C(C(F)(F)F)C(c3ccc(F)c4sc(N)c(C#N)c34)=C(F)C2)N(CC)C2CCN(C(=O)C(C)C)C2)C1. The van der Waals surface area contributed by atoms with E-state index >= 15 is 17.6 Å². The van der Waals surface area contributed by atoms with Crippen LogP contribution in [-0.4, -0.2) is 112 Å². The van der Waals surface area contributed by atoms with Gasteiger partial charge in [-0.15, -0.1) is 11.3 Å². The lowest BCUT2D eigenvalue weighted by Crippen LogP contribution is -2.43. The number of allylic oxidation sites excluding steroid dienone is 5. The minimum atomic E-state index is -5.14. The Morgan fingerprint density at radius 3 is 2.64 bits per heavy atom. The van der Waals surface area contributed by atoms with Gasteiger partial charge < -0.3 is 20.3 Å². The van der Waals surface area contributed by atoms with Crippen molar-refractivity contribution in [2.24, 2.45) is 15.9 Å². The van der Waals surface area contributed by atoms with E-state index in [4.69, 9.17) is 26.2 Å². The number of anilines is 1. The number of carbonyl (C=O) groups excluding carboxylic acids is 1. The Labute approximate surface area is 322 Å². The van der Waals surface area contributed by atoms with Gasteiger partial charge in [0.05, 0.1) is 37.1 Å². The lowest BCUT2D eigenvalue weighted by Gasteiger charge is -2.33. The number of nitrogens with zero attached hydrogens (tertiary/aromatic N) is 6. The highest BCUT2D eigenvalue weighted by atomic mass is 32.1. The maximum atomic E-state index is 16.7. The van der Waals surface area contributed by atoms with Crippen LogP contribution < -0.4 is 5.73 Å². The molecule has 4 aliphatic rings. The van der Waals surface area contributed by atoms with Crippen molar-refractivity contribution >= 4 is 66.3 Å². The van der Waals surface area contributed by atoms with Crippen LogP contribution in [0.5, 0.6) is 0 Å². The van der Waals surface area contributed by atoms with Gasteiger partial charge in [-0.1, -0.05) is 25.1 Å². The molecule has 18 heteroatoms. The smallest absolute Gasteiger partial charge is 0.417 e. The van der Waals surface area contributed by atoms with Gasteiger partial charge in [0.2, 0.25) is 5.91 Å². The first-order valence-corrected chi connectivity index (χ1v) is 18.7. The summed E-state index contributed by atoms with van der Waals surface area (Å²) in [5.74, 6) is -2.53. The van der Waals surface area contributed by atoms with Crippen molar-refractivity contribution in [3.8, 4) is 6.07 Å². The number of rotatable bonds is 8. The molecule has 4 radical (unpaired) electrons. The van der Waals surface area contributed by atoms with Crippen molar-refractivity contribution in [3.05, 3.63) is 57.9 Å². The Morgan fingerprint density at radius 1 is 1.27 bits per heavy atom. The second-order valence-corrected chi connectivity index (χ2v) is 16.0. The molecule has 1 aliphatic carbocycles. The summed E-state index contributed by atoms with van der Waals surface area (Å²) >= 11 is 0.681. The number of likely N-dealkylation sites (N-methyl/N-ethyl adjacent to an activating group) is 1. The number of fused-ring (bicyclic) bond motifs is 2. The largest absolute Gasteiger partial charge is 0.461 e. The number of alkyl halides is 4. The van der Waals surface area contributed by atoms with E-state index in [1.165, 1.54) is 0 Å². The van der Waals surface area contributed by atoms with Crippen LogP contribution in [0.3, 0.4) is 0 Å². The van der Waals surface area contributed by atoms with E-state index in [2.05, 4.69) is 16.7 Å². The maximum Gasteiger partial charge on any atom is 0.417 e. The van der Waals surface area contributed by atoms with Crippen LogP contribution in [0.2, 0.25) is 5.21 Å². The summed E-state index contributed by atoms with van der Waals surface area (Å²) in [6, 6.07) is 2.93. The summed E-state index contributed by atoms with van der Waals surface area (Å²) in [5.41, 5.74) is 2.00. The van der Waals surface area contributed by atoms with Gasteiger partial charge in [-0.25, -0.2) is 18.2 Å². The van der Waals surface area contributed by atoms with E-state index in [9.17, 15) is 18.8 Å². The van der Waals surface area contributed by atoms with E-state index in [-0.39, 0.29) is 101 Å². The fourth-order valence-corrected chi connectivity index (χ4v) is 9.36. The van der Waals surface area contributed by atoms with Gasteiger partial charge in [-0.2, -0.15) is 23.4 Å². The number of nitrogen functional groups attached to an aromatic ring is 1. The summed E-state index contributed by atoms with van der Waals surface area (Å²) in [5, 5.41) is 8.35. The lowest BCUT2D eigenvalue weighted by molar-refractivity contribution is -0.133. The third-order valence-electron chi connectivity index (χ3n) is 10.7. The third kappa shape index (κ3) is 7.66. The molecule has 1 amide bonds. The molecular weight excluding hydrogens is 742 g/mol. The number of amidine groups is 1. The molecule has 3 saturated heterocycles.